The summed E-state index contributed by atoms with van der Waals surface area (Å²) in [6.07, 6.45) is 5.07. The first-order valence-corrected chi connectivity index (χ1v) is 11.1. The van der Waals surface area contributed by atoms with Crippen molar-refractivity contribution in [3.63, 3.8) is 0 Å². The molecule has 3 aromatic rings. The van der Waals surface area contributed by atoms with Gasteiger partial charge in [-0.15, -0.1) is 0 Å². The molecule has 170 valence electrons. The minimum Gasteiger partial charge on any atom is -0.486 e. The monoisotopic (exact) mass is 504 g/mol. The Kier molecular flexibility index (Phi) is 8.33. The van der Waals surface area contributed by atoms with Crippen molar-refractivity contribution in [1.82, 2.24) is 9.97 Å². The lowest BCUT2D eigenvalue weighted by molar-refractivity contribution is 0.290. The zero-order valence-corrected chi connectivity index (χ0v) is 19.6. The number of hydrogen-bond acceptors (Lipinski definition) is 8. The lowest BCUT2D eigenvalue weighted by Crippen LogP contribution is -2.11. The van der Waals surface area contributed by atoms with Crippen LogP contribution in [0.3, 0.4) is 0 Å². The standard InChI is InChI=1S/C22H19Cl2FN6OS/c23-16-9-29-10-17(24)15(16)11-32-20-5-14(19(27)6-18(20)25)21(28)13-4-12(7-26)22(31-8-13)30-2-1-3-33/h4-6,8-10,28,33H,1-3,11,27H2,(H,30,31). The highest BCUT2D eigenvalue weighted by Crippen LogP contribution is 2.29. The number of nitrogens with one attached hydrogen (secondary N) is 2. The third kappa shape index (κ3) is 5.85. The number of nitriles is 1. The van der Waals surface area contributed by atoms with Crippen molar-refractivity contribution in [2.24, 2.45) is 0 Å². The Bertz CT molecular complexity index is 1210. The van der Waals surface area contributed by atoms with Crippen LogP contribution in [0.5, 0.6) is 5.75 Å². The molecule has 0 atom stereocenters. The highest BCUT2D eigenvalue weighted by Gasteiger charge is 2.17. The molecule has 0 amide bonds. The van der Waals surface area contributed by atoms with Crippen molar-refractivity contribution in [1.29, 1.82) is 10.7 Å². The number of pyridine rings is 2. The molecule has 2 heterocycles. The van der Waals surface area contributed by atoms with Gasteiger partial charge in [0.15, 0.2) is 11.6 Å². The summed E-state index contributed by atoms with van der Waals surface area (Å²) in [4.78, 5) is 8.12. The molecular formula is C22H19Cl2FN6OS. The summed E-state index contributed by atoms with van der Waals surface area (Å²) in [6.45, 7) is 0.500. The van der Waals surface area contributed by atoms with Crippen LogP contribution >= 0.6 is 35.8 Å². The maximum absolute atomic E-state index is 14.5. The van der Waals surface area contributed by atoms with E-state index >= 15 is 0 Å². The first-order valence-electron chi connectivity index (χ1n) is 9.69. The summed E-state index contributed by atoms with van der Waals surface area (Å²) in [5.74, 6) is 0.278. The van der Waals surface area contributed by atoms with Crippen LogP contribution in [0.1, 0.15) is 28.7 Å². The molecule has 2 aromatic heterocycles. The van der Waals surface area contributed by atoms with Gasteiger partial charge in [0.05, 0.1) is 21.3 Å². The van der Waals surface area contributed by atoms with E-state index in [4.69, 9.17) is 39.1 Å². The predicted molar refractivity (Wildman–Crippen MR) is 131 cm³/mol. The first kappa shape index (κ1) is 24.6. The van der Waals surface area contributed by atoms with Gasteiger partial charge in [0, 0.05) is 53.6 Å². The molecule has 11 heteroatoms. The number of nitrogens with zero attached hydrogens (tertiary/aromatic N) is 3. The Balaban J connectivity index is 1.87. The Morgan fingerprint density at radius 3 is 2.64 bits per heavy atom. The average molecular weight is 505 g/mol. The maximum Gasteiger partial charge on any atom is 0.167 e. The number of benzene rings is 1. The van der Waals surface area contributed by atoms with Gasteiger partial charge in [-0.2, -0.15) is 17.9 Å². The van der Waals surface area contributed by atoms with Gasteiger partial charge in [0.25, 0.3) is 0 Å². The number of nitrogen functional groups attached to an aromatic ring is 1. The van der Waals surface area contributed by atoms with E-state index in [9.17, 15) is 9.65 Å². The van der Waals surface area contributed by atoms with E-state index in [1.807, 2.05) is 0 Å². The highest BCUT2D eigenvalue weighted by molar-refractivity contribution is 7.80. The van der Waals surface area contributed by atoms with Gasteiger partial charge < -0.3 is 15.8 Å². The fourth-order valence-electron chi connectivity index (χ4n) is 2.89. The molecule has 0 radical (unpaired) electrons. The van der Waals surface area contributed by atoms with Gasteiger partial charge in [-0.05, 0) is 24.3 Å². The lowest BCUT2D eigenvalue weighted by atomic mass is 10.0. The van der Waals surface area contributed by atoms with Gasteiger partial charge in [-0.1, -0.05) is 23.2 Å². The van der Waals surface area contributed by atoms with Gasteiger partial charge in [-0.3, -0.25) is 10.4 Å². The molecule has 0 unspecified atom stereocenters. The summed E-state index contributed by atoms with van der Waals surface area (Å²) >= 11 is 16.3. The molecule has 0 aliphatic heterocycles. The van der Waals surface area contributed by atoms with E-state index in [0.717, 1.165) is 12.5 Å². The fourth-order valence-corrected chi connectivity index (χ4v) is 3.52. The lowest BCUT2D eigenvalue weighted by Gasteiger charge is -2.14. The van der Waals surface area contributed by atoms with Gasteiger partial charge in [0.1, 0.15) is 18.5 Å². The number of hydrogen-bond donors (Lipinski definition) is 4. The maximum atomic E-state index is 14.5. The SMILES string of the molecule is N#Cc1cc(C(=N)c2cc(OCc3c(Cl)cncc3Cl)c(F)cc2N)cnc1NCCCS. The number of aromatic nitrogens is 2. The van der Waals surface area contributed by atoms with Crippen LogP contribution in [-0.4, -0.2) is 28.0 Å². The molecular weight excluding hydrogens is 486 g/mol. The molecule has 0 bridgehead atoms. The van der Waals surface area contributed by atoms with Crippen molar-refractivity contribution < 1.29 is 9.13 Å². The first-order chi connectivity index (χ1) is 15.8. The van der Waals surface area contributed by atoms with Crippen LogP contribution in [0.15, 0.2) is 36.8 Å². The molecule has 4 N–H and O–H groups in total. The fraction of sp³-hybridized carbons (Fsp3) is 0.182. The molecule has 0 aliphatic carbocycles. The van der Waals surface area contributed by atoms with E-state index in [1.54, 1.807) is 0 Å². The predicted octanol–water partition coefficient (Wildman–Crippen LogP) is 5.10. The Morgan fingerprint density at radius 1 is 1.24 bits per heavy atom. The number of rotatable bonds is 9. The molecule has 0 fully saturated rings. The molecule has 0 spiro atoms. The smallest absolute Gasteiger partial charge is 0.167 e. The molecule has 3 rings (SSSR count). The summed E-state index contributed by atoms with van der Waals surface area (Å²) in [7, 11) is 0. The minimum atomic E-state index is -0.704. The molecule has 0 aliphatic rings. The largest absolute Gasteiger partial charge is 0.486 e. The normalized spacial score (nSPS) is 10.5. The van der Waals surface area contributed by atoms with Gasteiger partial charge >= 0.3 is 0 Å². The van der Waals surface area contributed by atoms with E-state index in [0.29, 0.717) is 29.2 Å². The molecule has 0 saturated carbocycles. The van der Waals surface area contributed by atoms with Crippen LogP contribution < -0.4 is 15.8 Å². The average Bonchev–Trinajstić information content (AvgIpc) is 2.79. The van der Waals surface area contributed by atoms with Crippen LogP contribution in [0.2, 0.25) is 10.0 Å². The molecule has 33 heavy (non-hydrogen) atoms. The number of ether oxygens (including phenoxy) is 1. The van der Waals surface area contributed by atoms with Crippen LogP contribution in [0, 0.1) is 22.6 Å². The Hall–Kier alpha value is -3.06. The van der Waals surface area contributed by atoms with Gasteiger partial charge in [0.2, 0.25) is 0 Å². The topological polar surface area (TPSA) is 121 Å². The molecule has 0 saturated heterocycles. The minimum absolute atomic E-state index is 0.0387. The number of thiol groups is 1. The van der Waals surface area contributed by atoms with Crippen LogP contribution in [-0.2, 0) is 6.61 Å². The molecule has 1 aromatic carbocycles. The van der Waals surface area contributed by atoms with Crippen LogP contribution in [0.25, 0.3) is 0 Å². The quantitative estimate of drug-likeness (QED) is 0.139. The number of halogens is 3. The van der Waals surface area contributed by atoms with Crippen molar-refractivity contribution >= 4 is 53.0 Å². The van der Waals surface area contributed by atoms with Crippen molar-refractivity contribution in [3.8, 4) is 11.8 Å². The second-order valence-electron chi connectivity index (χ2n) is 6.85. The van der Waals surface area contributed by atoms with Crippen molar-refractivity contribution in [2.45, 2.75) is 13.0 Å². The zero-order chi connectivity index (χ0) is 24.0. The summed E-state index contributed by atoms with van der Waals surface area (Å²) < 4.78 is 20.1. The third-order valence-electron chi connectivity index (χ3n) is 4.62. The Labute approximate surface area is 205 Å². The summed E-state index contributed by atoms with van der Waals surface area (Å²) in [6, 6.07) is 5.98. The second-order valence-corrected chi connectivity index (χ2v) is 8.11. The van der Waals surface area contributed by atoms with E-state index in [2.05, 4.69) is 34.0 Å². The van der Waals surface area contributed by atoms with Crippen molar-refractivity contribution in [3.05, 3.63) is 74.9 Å². The molecule has 7 nitrogen and oxygen atoms in total. The van der Waals surface area contributed by atoms with E-state index in [-0.39, 0.29) is 44.9 Å². The summed E-state index contributed by atoms with van der Waals surface area (Å²) in [5.41, 5.74) is 7.26. The number of nitrogens with two attached hydrogens (primary N) is 1. The number of anilines is 2. The second kappa shape index (κ2) is 11.2. The van der Waals surface area contributed by atoms with Gasteiger partial charge in [-0.25, -0.2) is 9.37 Å². The Morgan fingerprint density at radius 2 is 1.97 bits per heavy atom. The van der Waals surface area contributed by atoms with E-state index < -0.39 is 5.82 Å². The third-order valence-corrected chi connectivity index (χ3v) is 5.59. The zero-order valence-electron chi connectivity index (χ0n) is 17.2. The van der Waals surface area contributed by atoms with Crippen LogP contribution in [0.4, 0.5) is 15.9 Å². The van der Waals surface area contributed by atoms with E-state index in [1.165, 1.54) is 30.7 Å². The van der Waals surface area contributed by atoms with Crippen molar-refractivity contribution in [2.75, 3.05) is 23.3 Å². The highest BCUT2D eigenvalue weighted by atomic mass is 35.5. The summed E-state index contributed by atoms with van der Waals surface area (Å²) in [5, 5.41) is 21.7.